The standard InChI is InChI=1S/C20H20N4O2/c1-23-10-12-24(13-11-23)20(26)17-6-4-16(5-7-17)19(25)22-18-8-2-15(14-21)3-9-18/h2-9H,10-13H2,1H3,(H,22,25). The van der Waals surface area contributed by atoms with Crippen LogP contribution in [0.4, 0.5) is 5.69 Å². The number of rotatable bonds is 3. The van der Waals surface area contributed by atoms with Gasteiger partial charge >= 0.3 is 0 Å². The molecule has 3 rings (SSSR count). The number of benzene rings is 2. The fraction of sp³-hybridized carbons (Fsp3) is 0.250. The summed E-state index contributed by atoms with van der Waals surface area (Å²) >= 11 is 0. The van der Waals surface area contributed by atoms with E-state index in [1.807, 2.05) is 18.0 Å². The second kappa shape index (κ2) is 7.81. The highest BCUT2D eigenvalue weighted by Gasteiger charge is 2.20. The Morgan fingerprint density at radius 1 is 0.923 bits per heavy atom. The third-order valence-electron chi connectivity index (χ3n) is 4.46. The molecule has 1 heterocycles. The van der Waals surface area contributed by atoms with Gasteiger partial charge in [0.25, 0.3) is 11.8 Å². The first-order valence-electron chi connectivity index (χ1n) is 8.46. The molecule has 1 fully saturated rings. The van der Waals surface area contributed by atoms with Crippen molar-refractivity contribution in [2.45, 2.75) is 0 Å². The van der Waals surface area contributed by atoms with Gasteiger partial charge in [-0.3, -0.25) is 9.59 Å². The maximum absolute atomic E-state index is 12.5. The van der Waals surface area contributed by atoms with E-state index in [1.165, 1.54) is 0 Å². The summed E-state index contributed by atoms with van der Waals surface area (Å²) in [5.74, 6) is -0.259. The minimum Gasteiger partial charge on any atom is -0.336 e. The Balaban J connectivity index is 1.63. The minimum atomic E-state index is -0.256. The van der Waals surface area contributed by atoms with Gasteiger partial charge in [0.05, 0.1) is 11.6 Å². The average Bonchev–Trinajstić information content (AvgIpc) is 2.69. The largest absolute Gasteiger partial charge is 0.336 e. The van der Waals surface area contributed by atoms with Crippen LogP contribution in [0.5, 0.6) is 0 Å². The zero-order chi connectivity index (χ0) is 18.5. The second-order valence-electron chi connectivity index (χ2n) is 6.32. The number of nitrogens with one attached hydrogen (secondary N) is 1. The molecule has 0 aliphatic carbocycles. The first-order chi connectivity index (χ1) is 12.6. The molecule has 6 nitrogen and oxygen atoms in total. The molecule has 0 saturated carbocycles. The van der Waals surface area contributed by atoms with Crippen molar-refractivity contribution in [3.05, 3.63) is 65.2 Å². The molecular weight excluding hydrogens is 328 g/mol. The van der Waals surface area contributed by atoms with Crippen molar-refractivity contribution in [2.24, 2.45) is 0 Å². The van der Waals surface area contributed by atoms with Crippen LogP contribution in [0.2, 0.25) is 0 Å². The fourth-order valence-corrected chi connectivity index (χ4v) is 2.79. The van der Waals surface area contributed by atoms with Crippen LogP contribution in [0.15, 0.2) is 48.5 Å². The SMILES string of the molecule is CN1CCN(C(=O)c2ccc(C(=O)Nc3ccc(C#N)cc3)cc2)CC1. The summed E-state index contributed by atoms with van der Waals surface area (Å²) in [5.41, 5.74) is 2.22. The van der Waals surface area contributed by atoms with Gasteiger partial charge in [-0.2, -0.15) is 5.26 Å². The van der Waals surface area contributed by atoms with Crippen molar-refractivity contribution >= 4 is 17.5 Å². The Bertz CT molecular complexity index is 830. The molecule has 2 amide bonds. The number of hydrogen-bond acceptors (Lipinski definition) is 4. The molecule has 2 aromatic rings. The van der Waals surface area contributed by atoms with E-state index in [-0.39, 0.29) is 11.8 Å². The number of likely N-dealkylation sites (N-methyl/N-ethyl adjacent to an activating group) is 1. The molecule has 0 spiro atoms. The van der Waals surface area contributed by atoms with Gasteiger partial charge in [-0.25, -0.2) is 0 Å². The zero-order valence-corrected chi connectivity index (χ0v) is 14.6. The van der Waals surface area contributed by atoms with Crippen molar-refractivity contribution in [2.75, 3.05) is 38.5 Å². The van der Waals surface area contributed by atoms with Gasteiger partial charge in [-0.15, -0.1) is 0 Å². The lowest BCUT2D eigenvalue weighted by Crippen LogP contribution is -2.47. The molecule has 132 valence electrons. The van der Waals surface area contributed by atoms with E-state index in [9.17, 15) is 9.59 Å². The molecule has 1 aliphatic heterocycles. The van der Waals surface area contributed by atoms with Crippen LogP contribution in [0.3, 0.4) is 0 Å². The van der Waals surface area contributed by atoms with Crippen molar-refractivity contribution in [3.63, 3.8) is 0 Å². The lowest BCUT2D eigenvalue weighted by molar-refractivity contribution is 0.0664. The normalized spacial score (nSPS) is 14.5. The van der Waals surface area contributed by atoms with Crippen LogP contribution < -0.4 is 5.32 Å². The van der Waals surface area contributed by atoms with Crippen LogP contribution in [-0.4, -0.2) is 54.8 Å². The zero-order valence-electron chi connectivity index (χ0n) is 14.6. The molecule has 1 N–H and O–H groups in total. The number of amides is 2. The number of nitriles is 1. The number of piperazine rings is 1. The van der Waals surface area contributed by atoms with E-state index in [4.69, 9.17) is 5.26 Å². The molecule has 26 heavy (non-hydrogen) atoms. The van der Waals surface area contributed by atoms with Gasteiger partial charge in [0.15, 0.2) is 0 Å². The number of hydrogen-bond donors (Lipinski definition) is 1. The van der Waals surface area contributed by atoms with Crippen LogP contribution in [0.25, 0.3) is 0 Å². The van der Waals surface area contributed by atoms with Gasteiger partial charge in [0.1, 0.15) is 0 Å². The van der Waals surface area contributed by atoms with E-state index in [2.05, 4.69) is 10.2 Å². The summed E-state index contributed by atoms with van der Waals surface area (Å²) in [7, 11) is 2.04. The Hall–Kier alpha value is -3.17. The molecule has 0 radical (unpaired) electrons. The van der Waals surface area contributed by atoms with Crippen molar-refractivity contribution in [1.82, 2.24) is 9.80 Å². The Morgan fingerprint density at radius 2 is 1.50 bits per heavy atom. The molecule has 1 saturated heterocycles. The van der Waals surface area contributed by atoms with Gasteiger partial charge in [0.2, 0.25) is 0 Å². The summed E-state index contributed by atoms with van der Waals surface area (Å²) in [4.78, 5) is 28.9. The number of carbonyl (C=O) groups is 2. The second-order valence-corrected chi connectivity index (χ2v) is 6.32. The van der Waals surface area contributed by atoms with Crippen LogP contribution >= 0.6 is 0 Å². The highest BCUT2D eigenvalue weighted by atomic mass is 16.2. The Kier molecular flexibility index (Phi) is 5.30. The van der Waals surface area contributed by atoms with E-state index < -0.39 is 0 Å². The van der Waals surface area contributed by atoms with E-state index in [0.717, 1.165) is 26.2 Å². The summed E-state index contributed by atoms with van der Waals surface area (Å²) in [6, 6.07) is 15.4. The Morgan fingerprint density at radius 3 is 2.08 bits per heavy atom. The third-order valence-corrected chi connectivity index (χ3v) is 4.46. The van der Waals surface area contributed by atoms with Crippen LogP contribution in [-0.2, 0) is 0 Å². The van der Waals surface area contributed by atoms with Crippen molar-refractivity contribution < 1.29 is 9.59 Å². The maximum Gasteiger partial charge on any atom is 0.255 e. The summed E-state index contributed by atoms with van der Waals surface area (Å²) in [6.07, 6.45) is 0. The molecule has 6 heteroatoms. The van der Waals surface area contributed by atoms with E-state index >= 15 is 0 Å². The molecule has 1 aliphatic rings. The molecule has 0 unspecified atom stereocenters. The number of carbonyl (C=O) groups excluding carboxylic acids is 2. The molecule has 2 aromatic carbocycles. The quantitative estimate of drug-likeness (QED) is 0.922. The van der Waals surface area contributed by atoms with Crippen LogP contribution in [0, 0.1) is 11.3 Å². The number of nitrogens with zero attached hydrogens (tertiary/aromatic N) is 3. The van der Waals surface area contributed by atoms with Gasteiger partial charge in [-0.1, -0.05) is 0 Å². The highest BCUT2D eigenvalue weighted by Crippen LogP contribution is 2.13. The minimum absolute atomic E-state index is 0.00264. The van der Waals surface area contributed by atoms with Crippen LogP contribution in [0.1, 0.15) is 26.3 Å². The predicted octanol–water partition coefficient (Wildman–Crippen LogP) is 2.20. The first-order valence-corrected chi connectivity index (χ1v) is 8.46. The van der Waals surface area contributed by atoms with Crippen molar-refractivity contribution in [1.29, 1.82) is 5.26 Å². The Labute approximate surface area is 152 Å². The molecule has 0 aromatic heterocycles. The summed E-state index contributed by atoms with van der Waals surface area (Å²) in [5, 5.41) is 11.6. The van der Waals surface area contributed by atoms with E-state index in [1.54, 1.807) is 48.5 Å². The van der Waals surface area contributed by atoms with Gasteiger partial charge in [0, 0.05) is 43.0 Å². The highest BCUT2D eigenvalue weighted by molar-refractivity contribution is 6.05. The van der Waals surface area contributed by atoms with Gasteiger partial charge in [-0.05, 0) is 55.6 Å². The smallest absolute Gasteiger partial charge is 0.255 e. The monoisotopic (exact) mass is 348 g/mol. The lowest BCUT2D eigenvalue weighted by Gasteiger charge is -2.32. The average molecular weight is 348 g/mol. The lowest BCUT2D eigenvalue weighted by atomic mass is 10.1. The molecule has 0 bridgehead atoms. The maximum atomic E-state index is 12.5. The number of anilines is 1. The fourth-order valence-electron chi connectivity index (χ4n) is 2.79. The summed E-state index contributed by atoms with van der Waals surface area (Å²) < 4.78 is 0. The van der Waals surface area contributed by atoms with E-state index in [0.29, 0.717) is 22.4 Å². The third kappa shape index (κ3) is 4.08. The first kappa shape index (κ1) is 17.6. The molecule has 0 atom stereocenters. The van der Waals surface area contributed by atoms with Gasteiger partial charge < -0.3 is 15.1 Å². The topological polar surface area (TPSA) is 76.4 Å². The van der Waals surface area contributed by atoms with Crippen molar-refractivity contribution in [3.8, 4) is 6.07 Å². The summed E-state index contributed by atoms with van der Waals surface area (Å²) in [6.45, 7) is 3.18. The molecular formula is C20H20N4O2. The predicted molar refractivity (Wildman–Crippen MR) is 99.0 cm³/mol.